The predicted molar refractivity (Wildman–Crippen MR) is 231 cm³/mol. The van der Waals surface area contributed by atoms with Gasteiger partial charge in [0.2, 0.25) is 5.60 Å². The second kappa shape index (κ2) is 19.5. The fraction of sp³-hybridized carbons (Fsp3) is 0.114. The number of carbonyl (C=O) groups excluding carboxylic acids is 1. The zero-order valence-corrected chi connectivity index (χ0v) is 36.6. The molecule has 4 aromatic carbocycles. The van der Waals surface area contributed by atoms with Crippen LogP contribution < -0.4 is 0 Å². The number of allylic oxidation sites excluding steroid dienone is 2. The highest BCUT2D eigenvalue weighted by Gasteiger charge is 2.59. The Kier molecular flexibility index (Phi) is 14.2. The van der Waals surface area contributed by atoms with Gasteiger partial charge in [-0.1, -0.05) is 18.2 Å². The number of hydrogen-bond acceptors (Lipinski definition) is 8. The number of alkyl halides is 6. The number of fused-ring (bicyclic) bond motifs is 2. The first-order valence-electron chi connectivity index (χ1n) is 18.7. The Balaban J connectivity index is 0.000000186. The predicted octanol–water partition coefficient (Wildman–Crippen LogP) is 10.6. The van der Waals surface area contributed by atoms with Gasteiger partial charge in [0.25, 0.3) is 5.78 Å². The molecule has 0 aliphatic heterocycles. The van der Waals surface area contributed by atoms with Crippen LogP contribution in [0.25, 0.3) is 33.2 Å². The van der Waals surface area contributed by atoms with Crippen molar-refractivity contribution in [3.05, 3.63) is 178 Å². The Labute approximate surface area is 384 Å². The van der Waals surface area contributed by atoms with Gasteiger partial charge in [-0.15, -0.1) is 13.2 Å². The minimum Gasteiger partial charge on any atom is -0.371 e. The average Bonchev–Trinajstić information content (AvgIpc) is 4.07. The molecule has 8 rings (SSSR count). The monoisotopic (exact) mass is 1040 g/mol. The summed E-state index contributed by atoms with van der Waals surface area (Å²) >= 11 is 6.21. The molecule has 336 valence electrons. The van der Waals surface area contributed by atoms with Gasteiger partial charge in [-0.25, -0.2) is 18.1 Å². The van der Waals surface area contributed by atoms with E-state index in [-0.39, 0.29) is 16.7 Å². The normalized spacial score (nSPS) is 12.3. The van der Waals surface area contributed by atoms with E-state index in [2.05, 4.69) is 65.4 Å². The highest BCUT2D eigenvalue weighted by Crippen LogP contribution is 2.48. The molecule has 0 spiro atoms. The summed E-state index contributed by atoms with van der Waals surface area (Å²) in [6.45, 7) is 7.52. The standard InChI is InChI=1S/C22H14BrF4N5O.C15H8F4N2O.C7H6BrN3/c1-2-9-31-20(19(23)17(11-28)30-31)21(33,22(25,26)27)14-3-8-18-13(10-14)12-29-32(18)16-6-4-15(24)5-7-16;16-11-2-4-12(5-3-11)21-13-6-1-9(7-10(13)8-20-21)14(22)15(17,18)19;1-2-3-11-5-6(8)7(4-9)10-11/h2-8,10,12,33H,1,9H2;1-8H;2,5H,1,3H2. The van der Waals surface area contributed by atoms with Crippen LogP contribution in [0.15, 0.2) is 138 Å². The molecule has 0 aliphatic rings. The van der Waals surface area contributed by atoms with Crippen molar-refractivity contribution in [2.75, 3.05) is 0 Å². The van der Waals surface area contributed by atoms with Crippen molar-refractivity contribution in [1.82, 2.24) is 39.1 Å². The third-order valence-electron chi connectivity index (χ3n) is 9.41. The van der Waals surface area contributed by atoms with Crippen LogP contribution in [0.2, 0.25) is 0 Å². The molecule has 4 heterocycles. The maximum absolute atomic E-state index is 14.4. The SMILES string of the molecule is C=CCn1cc(Br)c(C#N)n1.C=CCn1nc(C#N)c(Br)c1C(O)(c1ccc2c(cnn2-c2ccc(F)cc2)c1)C(F)(F)F.O=C(c1ccc2c(cnn2-c2ccc(F)cc2)c1)C(F)(F)F. The van der Waals surface area contributed by atoms with E-state index in [1.807, 2.05) is 6.07 Å². The molecule has 1 atom stereocenters. The smallest absolute Gasteiger partial charge is 0.371 e. The Bertz CT molecular complexity index is 3180. The highest BCUT2D eigenvalue weighted by atomic mass is 79.9. The average molecular weight is 1040 g/mol. The van der Waals surface area contributed by atoms with Crippen LogP contribution in [0.5, 0.6) is 0 Å². The van der Waals surface area contributed by atoms with Gasteiger partial charge in [0.05, 0.1) is 62.5 Å². The van der Waals surface area contributed by atoms with E-state index in [4.69, 9.17) is 5.26 Å². The van der Waals surface area contributed by atoms with Crippen LogP contribution >= 0.6 is 31.9 Å². The molecule has 1 N–H and O–H groups in total. The van der Waals surface area contributed by atoms with Crippen molar-refractivity contribution < 1.29 is 45.0 Å². The molecule has 0 bridgehead atoms. The van der Waals surface area contributed by atoms with Crippen molar-refractivity contribution in [1.29, 1.82) is 10.5 Å². The van der Waals surface area contributed by atoms with E-state index >= 15 is 0 Å². The molecule has 0 aliphatic carbocycles. The first-order valence-corrected chi connectivity index (χ1v) is 20.2. The van der Waals surface area contributed by atoms with E-state index in [1.165, 1.54) is 94.6 Å². The summed E-state index contributed by atoms with van der Waals surface area (Å²) in [5.74, 6) is -2.74. The summed E-state index contributed by atoms with van der Waals surface area (Å²) in [6, 6.07) is 21.9. The number of benzene rings is 4. The van der Waals surface area contributed by atoms with Crippen LogP contribution in [-0.2, 0) is 18.7 Å². The first kappa shape index (κ1) is 48.2. The number of nitriles is 2. The van der Waals surface area contributed by atoms with E-state index in [1.54, 1.807) is 23.0 Å². The van der Waals surface area contributed by atoms with Gasteiger partial charge in [-0.3, -0.25) is 14.2 Å². The quantitative estimate of drug-likeness (QED) is 0.0851. The largest absolute Gasteiger partial charge is 0.454 e. The van der Waals surface area contributed by atoms with E-state index in [9.17, 15) is 50.3 Å². The van der Waals surface area contributed by atoms with Gasteiger partial charge in [0, 0.05) is 22.5 Å². The lowest BCUT2D eigenvalue weighted by Gasteiger charge is -2.32. The number of rotatable bonds is 9. The van der Waals surface area contributed by atoms with Crippen molar-refractivity contribution in [2.24, 2.45) is 0 Å². The molecule has 0 fully saturated rings. The van der Waals surface area contributed by atoms with Gasteiger partial charge in [-0.05, 0) is 116 Å². The summed E-state index contributed by atoms with van der Waals surface area (Å²) in [6.07, 6.45) is -2.61. The zero-order chi connectivity index (χ0) is 48.1. The molecule has 0 saturated carbocycles. The number of halogens is 10. The maximum Gasteiger partial charge on any atom is 0.454 e. The van der Waals surface area contributed by atoms with Gasteiger partial charge in [-0.2, -0.15) is 57.3 Å². The van der Waals surface area contributed by atoms with E-state index in [0.29, 0.717) is 45.4 Å². The molecular weight excluding hydrogens is 1010 g/mol. The molecule has 1 unspecified atom stereocenters. The Morgan fingerprint density at radius 3 is 1.71 bits per heavy atom. The summed E-state index contributed by atoms with van der Waals surface area (Å²) < 4.78 is 113. The number of ketones is 1. The molecule has 4 aromatic heterocycles. The number of Topliss-reactive ketones (excluding diaryl/α,β-unsaturated/α-hetero) is 1. The zero-order valence-electron chi connectivity index (χ0n) is 33.4. The second-order valence-corrected chi connectivity index (χ2v) is 15.3. The summed E-state index contributed by atoms with van der Waals surface area (Å²) in [7, 11) is 0. The van der Waals surface area contributed by atoms with Crippen molar-refractivity contribution in [3.8, 4) is 23.5 Å². The fourth-order valence-corrected chi connectivity index (χ4v) is 7.48. The Hall–Kier alpha value is -7.27. The van der Waals surface area contributed by atoms with Gasteiger partial charge >= 0.3 is 12.4 Å². The third-order valence-corrected chi connectivity index (χ3v) is 10.7. The van der Waals surface area contributed by atoms with E-state index in [0.717, 1.165) is 27.4 Å². The Morgan fingerprint density at radius 2 is 1.24 bits per heavy atom. The van der Waals surface area contributed by atoms with Crippen LogP contribution in [-0.4, -0.2) is 62.4 Å². The number of nitrogens with zero attached hydrogens (tertiary/aromatic N) is 10. The van der Waals surface area contributed by atoms with Crippen LogP contribution in [0.1, 0.15) is 33.0 Å². The molecule has 0 radical (unpaired) electrons. The van der Waals surface area contributed by atoms with Crippen molar-refractivity contribution >= 4 is 59.4 Å². The summed E-state index contributed by atoms with van der Waals surface area (Å²) in [5.41, 5.74) is -2.93. The number of aliphatic hydroxyl groups is 1. The second-order valence-electron chi connectivity index (χ2n) is 13.7. The Morgan fingerprint density at radius 1 is 0.727 bits per heavy atom. The minimum atomic E-state index is -5.16. The molecule has 12 nitrogen and oxygen atoms in total. The fourth-order valence-electron chi connectivity index (χ4n) is 6.42. The molecule has 66 heavy (non-hydrogen) atoms. The van der Waals surface area contributed by atoms with E-state index < -0.39 is 52.2 Å². The minimum absolute atomic E-state index is 0.168. The van der Waals surface area contributed by atoms with Gasteiger partial charge in [0.1, 0.15) is 23.8 Å². The maximum atomic E-state index is 14.4. The number of aromatic nitrogens is 8. The lowest BCUT2D eigenvalue weighted by Crippen LogP contribution is -2.45. The lowest BCUT2D eigenvalue weighted by atomic mass is 9.88. The van der Waals surface area contributed by atoms with Crippen LogP contribution in [0, 0.1) is 34.3 Å². The third kappa shape index (κ3) is 9.85. The topological polar surface area (TPSA) is 156 Å². The van der Waals surface area contributed by atoms with Gasteiger partial charge < -0.3 is 5.11 Å². The van der Waals surface area contributed by atoms with Crippen molar-refractivity contribution in [3.63, 3.8) is 0 Å². The van der Waals surface area contributed by atoms with Crippen LogP contribution in [0.4, 0.5) is 35.1 Å². The molecular formula is C44H28Br2F8N10O2. The molecule has 22 heteroatoms. The molecule has 0 amide bonds. The van der Waals surface area contributed by atoms with Gasteiger partial charge in [0.15, 0.2) is 11.4 Å². The molecule has 0 saturated heterocycles. The highest BCUT2D eigenvalue weighted by molar-refractivity contribution is 9.10. The summed E-state index contributed by atoms with van der Waals surface area (Å²) in [5, 5.41) is 45.7. The van der Waals surface area contributed by atoms with Crippen LogP contribution in [0.3, 0.4) is 0 Å². The first-order chi connectivity index (χ1) is 31.2. The lowest BCUT2D eigenvalue weighted by molar-refractivity contribution is -0.251. The number of carbonyl (C=O) groups is 1. The molecule has 8 aromatic rings. The summed E-state index contributed by atoms with van der Waals surface area (Å²) in [4.78, 5) is 11.2. The number of hydrogen-bond donors (Lipinski definition) is 1. The van der Waals surface area contributed by atoms with Crippen molar-refractivity contribution in [2.45, 2.75) is 31.0 Å².